The molecule has 0 bridgehead atoms. The first kappa shape index (κ1) is 13.9. The van der Waals surface area contributed by atoms with Gasteiger partial charge in [-0.3, -0.25) is 4.90 Å². The highest BCUT2D eigenvalue weighted by atomic mass is 35.5. The molecular formula is C15H23ClN2. The van der Waals surface area contributed by atoms with E-state index in [-0.39, 0.29) is 0 Å². The molecule has 1 aliphatic carbocycles. The molecule has 1 atom stereocenters. The van der Waals surface area contributed by atoms with Crippen molar-refractivity contribution in [3.8, 4) is 0 Å². The van der Waals surface area contributed by atoms with Crippen molar-refractivity contribution in [3.63, 3.8) is 0 Å². The highest BCUT2D eigenvalue weighted by molar-refractivity contribution is 6.31. The van der Waals surface area contributed by atoms with Gasteiger partial charge in [0.15, 0.2) is 0 Å². The van der Waals surface area contributed by atoms with Crippen molar-refractivity contribution >= 4 is 11.6 Å². The summed E-state index contributed by atoms with van der Waals surface area (Å²) in [5.74, 6) is 0. The molecule has 1 aromatic carbocycles. The van der Waals surface area contributed by atoms with Crippen molar-refractivity contribution < 1.29 is 0 Å². The average molecular weight is 267 g/mol. The van der Waals surface area contributed by atoms with Gasteiger partial charge in [-0.1, -0.05) is 29.8 Å². The molecule has 100 valence electrons. The zero-order valence-electron chi connectivity index (χ0n) is 11.3. The molecule has 0 spiro atoms. The van der Waals surface area contributed by atoms with Crippen LogP contribution in [0, 0.1) is 5.41 Å². The summed E-state index contributed by atoms with van der Waals surface area (Å²) in [6, 6.07) is 8.47. The van der Waals surface area contributed by atoms with Gasteiger partial charge >= 0.3 is 0 Å². The molecule has 0 amide bonds. The number of nitrogens with zero attached hydrogens (tertiary/aromatic N) is 1. The van der Waals surface area contributed by atoms with Gasteiger partial charge in [0.05, 0.1) is 0 Å². The van der Waals surface area contributed by atoms with Gasteiger partial charge in [0, 0.05) is 17.6 Å². The maximum absolute atomic E-state index is 6.26. The zero-order valence-corrected chi connectivity index (χ0v) is 12.1. The fourth-order valence-electron chi connectivity index (χ4n) is 2.69. The summed E-state index contributed by atoms with van der Waals surface area (Å²) in [5.41, 5.74) is 7.40. The standard InChI is InChI=1S/C15H23ClN2/c1-12(13-5-3-4-6-14(13)16)18(2)11-15(7-8-15)9-10-17/h3-6,12H,7-11,17H2,1-2H3. The number of hydrogen-bond donors (Lipinski definition) is 1. The van der Waals surface area contributed by atoms with E-state index >= 15 is 0 Å². The van der Waals surface area contributed by atoms with E-state index < -0.39 is 0 Å². The Morgan fingerprint density at radius 2 is 2.06 bits per heavy atom. The van der Waals surface area contributed by atoms with Crippen LogP contribution in [0.3, 0.4) is 0 Å². The SMILES string of the molecule is CC(c1ccccc1Cl)N(C)CC1(CCN)CC1. The van der Waals surface area contributed by atoms with E-state index in [0.717, 1.165) is 24.5 Å². The molecule has 0 saturated heterocycles. The maximum atomic E-state index is 6.26. The van der Waals surface area contributed by atoms with Crippen molar-refractivity contribution in [1.29, 1.82) is 0 Å². The third-order valence-electron chi connectivity index (χ3n) is 4.23. The van der Waals surface area contributed by atoms with Crippen LogP contribution in [0.25, 0.3) is 0 Å². The van der Waals surface area contributed by atoms with Gasteiger partial charge in [0.1, 0.15) is 0 Å². The van der Waals surface area contributed by atoms with Crippen molar-refractivity contribution in [2.45, 2.75) is 32.2 Å². The molecule has 0 radical (unpaired) electrons. The second kappa shape index (κ2) is 5.60. The second-order valence-electron chi connectivity index (χ2n) is 5.65. The first-order valence-electron chi connectivity index (χ1n) is 6.73. The van der Waals surface area contributed by atoms with Crippen LogP contribution in [-0.2, 0) is 0 Å². The number of rotatable bonds is 6. The number of halogens is 1. The number of hydrogen-bond acceptors (Lipinski definition) is 2. The summed E-state index contributed by atoms with van der Waals surface area (Å²) in [7, 11) is 2.19. The first-order chi connectivity index (χ1) is 8.58. The molecule has 0 aliphatic heterocycles. The summed E-state index contributed by atoms with van der Waals surface area (Å²) >= 11 is 6.26. The molecule has 2 N–H and O–H groups in total. The lowest BCUT2D eigenvalue weighted by Crippen LogP contribution is -2.30. The Hall–Kier alpha value is -0.570. The molecule has 1 fully saturated rings. The lowest BCUT2D eigenvalue weighted by atomic mass is 10.00. The molecule has 1 saturated carbocycles. The summed E-state index contributed by atoms with van der Waals surface area (Å²) in [6.07, 6.45) is 3.79. The lowest BCUT2D eigenvalue weighted by Gasteiger charge is -2.29. The van der Waals surface area contributed by atoms with Crippen LogP contribution in [0.15, 0.2) is 24.3 Å². The van der Waals surface area contributed by atoms with E-state index in [2.05, 4.69) is 31.0 Å². The quantitative estimate of drug-likeness (QED) is 0.854. The van der Waals surface area contributed by atoms with Crippen LogP contribution in [0.5, 0.6) is 0 Å². The maximum Gasteiger partial charge on any atom is 0.0453 e. The molecule has 3 heteroatoms. The first-order valence-corrected chi connectivity index (χ1v) is 7.10. The molecule has 18 heavy (non-hydrogen) atoms. The van der Waals surface area contributed by atoms with E-state index in [9.17, 15) is 0 Å². The molecule has 2 rings (SSSR count). The average Bonchev–Trinajstić information content (AvgIpc) is 3.09. The molecule has 1 unspecified atom stereocenters. The molecule has 2 nitrogen and oxygen atoms in total. The molecular weight excluding hydrogens is 244 g/mol. The van der Waals surface area contributed by atoms with E-state index in [0.29, 0.717) is 11.5 Å². The van der Waals surface area contributed by atoms with Crippen molar-refractivity contribution in [1.82, 2.24) is 4.90 Å². The van der Waals surface area contributed by atoms with Gasteiger partial charge < -0.3 is 5.73 Å². The highest BCUT2D eigenvalue weighted by Crippen LogP contribution is 2.49. The van der Waals surface area contributed by atoms with E-state index in [1.54, 1.807) is 0 Å². The van der Waals surface area contributed by atoms with Crippen molar-refractivity contribution in [2.24, 2.45) is 11.1 Å². The Labute approximate surface area is 115 Å². The van der Waals surface area contributed by atoms with Gasteiger partial charge in [-0.05, 0) is 56.8 Å². The Kier molecular flexibility index (Phi) is 4.31. The van der Waals surface area contributed by atoms with Crippen LogP contribution in [0.2, 0.25) is 5.02 Å². The van der Waals surface area contributed by atoms with Crippen molar-refractivity contribution in [3.05, 3.63) is 34.9 Å². The molecule has 0 aromatic heterocycles. The summed E-state index contributed by atoms with van der Waals surface area (Å²) < 4.78 is 0. The van der Waals surface area contributed by atoms with Crippen molar-refractivity contribution in [2.75, 3.05) is 20.1 Å². The van der Waals surface area contributed by atoms with Crippen LogP contribution >= 0.6 is 11.6 Å². The van der Waals surface area contributed by atoms with Gasteiger partial charge in [-0.25, -0.2) is 0 Å². The van der Waals surface area contributed by atoms with E-state index in [4.69, 9.17) is 17.3 Å². The minimum Gasteiger partial charge on any atom is -0.330 e. The predicted octanol–water partition coefficient (Wildman–Crippen LogP) is 3.46. The van der Waals surface area contributed by atoms with E-state index in [1.165, 1.54) is 18.4 Å². The smallest absolute Gasteiger partial charge is 0.0453 e. The minimum atomic E-state index is 0.356. The zero-order chi connectivity index (χ0) is 13.2. The van der Waals surface area contributed by atoms with Crippen LogP contribution in [0.4, 0.5) is 0 Å². The van der Waals surface area contributed by atoms with Crippen LogP contribution < -0.4 is 5.73 Å². The fourth-order valence-corrected chi connectivity index (χ4v) is 2.98. The lowest BCUT2D eigenvalue weighted by molar-refractivity contribution is 0.203. The largest absolute Gasteiger partial charge is 0.330 e. The topological polar surface area (TPSA) is 29.3 Å². The Balaban J connectivity index is 2.01. The Morgan fingerprint density at radius 3 is 2.61 bits per heavy atom. The normalized spacial score (nSPS) is 18.9. The third-order valence-corrected chi connectivity index (χ3v) is 4.58. The summed E-state index contributed by atoms with van der Waals surface area (Å²) in [6.45, 7) is 4.14. The van der Waals surface area contributed by atoms with Gasteiger partial charge in [-0.2, -0.15) is 0 Å². The van der Waals surface area contributed by atoms with Gasteiger partial charge in [0.25, 0.3) is 0 Å². The Bertz CT molecular complexity index is 401. The Morgan fingerprint density at radius 1 is 1.39 bits per heavy atom. The van der Waals surface area contributed by atoms with E-state index in [1.807, 2.05) is 12.1 Å². The van der Waals surface area contributed by atoms with Gasteiger partial charge in [0.2, 0.25) is 0 Å². The number of nitrogens with two attached hydrogens (primary N) is 1. The second-order valence-corrected chi connectivity index (χ2v) is 6.06. The summed E-state index contributed by atoms with van der Waals surface area (Å²) in [4.78, 5) is 2.41. The van der Waals surface area contributed by atoms with Crippen LogP contribution in [-0.4, -0.2) is 25.0 Å². The highest BCUT2D eigenvalue weighted by Gasteiger charge is 2.42. The predicted molar refractivity (Wildman–Crippen MR) is 77.8 cm³/mol. The molecule has 0 heterocycles. The van der Waals surface area contributed by atoms with Gasteiger partial charge in [-0.15, -0.1) is 0 Å². The van der Waals surface area contributed by atoms with Crippen LogP contribution in [0.1, 0.15) is 37.8 Å². The third kappa shape index (κ3) is 3.05. The molecule has 1 aliphatic rings. The monoisotopic (exact) mass is 266 g/mol. The fraction of sp³-hybridized carbons (Fsp3) is 0.600. The minimum absolute atomic E-state index is 0.356. The summed E-state index contributed by atoms with van der Waals surface area (Å²) in [5, 5.41) is 0.862. The molecule has 1 aromatic rings. The number of benzene rings is 1.